The molecule has 0 spiro atoms. The number of halogens is 2. The Kier molecular flexibility index (Phi) is 5.28. The number of ether oxygens (including phenoxy) is 1. The van der Waals surface area contributed by atoms with Gasteiger partial charge in [0.2, 0.25) is 2.21 Å². The Morgan fingerprint density at radius 3 is 2.33 bits per heavy atom. The first-order valence-corrected chi connectivity index (χ1v) is 8.29. The Balaban J connectivity index is 3.09. The van der Waals surface area contributed by atoms with E-state index in [4.69, 9.17) is 16.3 Å². The van der Waals surface area contributed by atoms with Gasteiger partial charge in [-0.3, -0.25) is 0 Å². The zero-order valence-corrected chi connectivity index (χ0v) is 13.7. The van der Waals surface area contributed by atoms with Crippen molar-refractivity contribution in [3.8, 4) is 5.75 Å². The highest BCUT2D eigenvalue weighted by Gasteiger charge is 2.45. The Hall–Kier alpha value is -0.0500. The lowest BCUT2D eigenvalue weighted by Crippen LogP contribution is -2.34. The maximum atomic E-state index is 11.8. The molecule has 1 N–H and O–H groups in total. The number of hydrogen-bond acceptors (Lipinski definition) is 4. The fraction of sp³-hybridized carbons (Fsp3) is 0.455. The molecular formula is C11H14ClIO4S. The lowest BCUT2D eigenvalue weighted by Gasteiger charge is -2.26. The topological polar surface area (TPSA) is 63.6 Å². The predicted octanol–water partition coefficient (Wildman–Crippen LogP) is 2.49. The molecule has 0 aromatic heterocycles. The van der Waals surface area contributed by atoms with Gasteiger partial charge in [0.15, 0.2) is 9.84 Å². The zero-order valence-electron chi connectivity index (χ0n) is 9.93. The van der Waals surface area contributed by atoms with E-state index in [-0.39, 0.29) is 5.75 Å². The van der Waals surface area contributed by atoms with Gasteiger partial charge in [0.1, 0.15) is 11.9 Å². The number of aliphatic hydroxyl groups is 1. The molecule has 0 saturated heterocycles. The minimum atomic E-state index is -3.59. The number of aliphatic hydroxyl groups excluding tert-OH is 1. The van der Waals surface area contributed by atoms with Gasteiger partial charge in [-0.25, -0.2) is 8.42 Å². The van der Waals surface area contributed by atoms with E-state index in [2.05, 4.69) is 0 Å². The summed E-state index contributed by atoms with van der Waals surface area (Å²) in [4.78, 5) is 0. The average Bonchev–Trinajstić information content (AvgIpc) is 2.37. The van der Waals surface area contributed by atoms with Crippen LogP contribution >= 0.6 is 34.2 Å². The van der Waals surface area contributed by atoms with Crippen LogP contribution in [0.3, 0.4) is 0 Å². The van der Waals surface area contributed by atoms with Crippen molar-refractivity contribution in [3.63, 3.8) is 0 Å². The van der Waals surface area contributed by atoms with Gasteiger partial charge in [-0.2, -0.15) is 0 Å². The van der Waals surface area contributed by atoms with Crippen LogP contribution in [0.4, 0.5) is 0 Å². The first-order chi connectivity index (χ1) is 8.26. The Morgan fingerprint density at radius 2 is 1.94 bits per heavy atom. The van der Waals surface area contributed by atoms with Gasteiger partial charge in [-0.15, -0.1) is 0 Å². The molecule has 1 aromatic carbocycles. The minimum absolute atomic E-state index is 0.132. The fourth-order valence-corrected chi connectivity index (χ4v) is 3.95. The average molecular weight is 405 g/mol. The van der Waals surface area contributed by atoms with Crippen molar-refractivity contribution in [3.05, 3.63) is 29.8 Å². The number of rotatable bonds is 5. The summed E-state index contributed by atoms with van der Waals surface area (Å²) in [5, 5.41) is 10.1. The van der Waals surface area contributed by atoms with Crippen molar-refractivity contribution >= 4 is 44.0 Å². The summed E-state index contributed by atoms with van der Waals surface area (Å²) in [6.07, 6.45) is -1.31. The molecule has 0 saturated carbocycles. The highest BCUT2D eigenvalue weighted by Crippen LogP contribution is 2.43. The second-order valence-electron chi connectivity index (χ2n) is 3.64. The largest absolute Gasteiger partial charge is 0.497 e. The molecule has 102 valence electrons. The maximum absolute atomic E-state index is 11.8. The molecule has 0 aliphatic rings. The van der Waals surface area contributed by atoms with Crippen molar-refractivity contribution in [1.29, 1.82) is 0 Å². The quantitative estimate of drug-likeness (QED) is 0.605. The first kappa shape index (κ1) is 16.0. The van der Waals surface area contributed by atoms with Gasteiger partial charge in [0.05, 0.1) is 12.9 Å². The van der Waals surface area contributed by atoms with E-state index in [0.29, 0.717) is 11.3 Å². The number of hydrogen-bond donors (Lipinski definition) is 1. The van der Waals surface area contributed by atoms with Crippen molar-refractivity contribution in [2.45, 2.75) is 15.2 Å². The standard InChI is InChI=1S/C11H14ClIO4S/c1-3-18(15,16)11(12,13)10(14)8-4-6-9(17-2)7-5-8/h4-7,10,14H,3H2,1-2H3/t10-,11-/m0/s1. The van der Waals surface area contributed by atoms with Crippen LogP contribution in [0.15, 0.2) is 24.3 Å². The zero-order chi connectivity index (χ0) is 14.0. The molecule has 2 atom stereocenters. The van der Waals surface area contributed by atoms with E-state index < -0.39 is 18.2 Å². The van der Waals surface area contributed by atoms with Gasteiger partial charge in [-0.1, -0.05) is 30.7 Å². The van der Waals surface area contributed by atoms with E-state index in [1.54, 1.807) is 46.9 Å². The Labute approximate surface area is 125 Å². The SMILES string of the molecule is CCS(=O)(=O)[C@@](Cl)(I)[C@@H](O)c1ccc(OC)cc1. The van der Waals surface area contributed by atoms with E-state index in [9.17, 15) is 13.5 Å². The van der Waals surface area contributed by atoms with E-state index >= 15 is 0 Å². The van der Waals surface area contributed by atoms with Crippen LogP contribution in [0.2, 0.25) is 0 Å². The highest BCUT2D eigenvalue weighted by atomic mass is 127. The number of benzene rings is 1. The molecule has 0 aliphatic heterocycles. The monoisotopic (exact) mass is 404 g/mol. The molecule has 7 heteroatoms. The third-order valence-corrected chi connectivity index (χ3v) is 7.87. The van der Waals surface area contributed by atoms with Crippen LogP contribution in [-0.4, -0.2) is 28.6 Å². The van der Waals surface area contributed by atoms with Crippen molar-refractivity contribution in [1.82, 2.24) is 0 Å². The number of methoxy groups -OCH3 is 1. The Morgan fingerprint density at radius 1 is 1.44 bits per heavy atom. The highest BCUT2D eigenvalue weighted by molar-refractivity contribution is 14.1. The first-order valence-electron chi connectivity index (χ1n) is 5.18. The molecule has 0 radical (unpaired) electrons. The number of sulfone groups is 1. The van der Waals surface area contributed by atoms with Crippen LogP contribution < -0.4 is 4.74 Å². The van der Waals surface area contributed by atoms with E-state index in [1.165, 1.54) is 14.0 Å². The second kappa shape index (κ2) is 5.94. The fourth-order valence-electron chi connectivity index (χ4n) is 1.34. The molecule has 1 rings (SSSR count). The third kappa shape index (κ3) is 3.09. The van der Waals surface area contributed by atoms with Crippen molar-refractivity contribution in [2.24, 2.45) is 0 Å². The molecule has 0 aliphatic carbocycles. The summed E-state index contributed by atoms with van der Waals surface area (Å²) < 4.78 is 26.9. The lowest BCUT2D eigenvalue weighted by molar-refractivity contribution is 0.187. The lowest BCUT2D eigenvalue weighted by atomic mass is 10.1. The summed E-state index contributed by atoms with van der Waals surface area (Å²) in [7, 11) is -2.07. The van der Waals surface area contributed by atoms with Crippen LogP contribution in [0.1, 0.15) is 18.6 Å². The van der Waals surface area contributed by atoms with Gasteiger partial charge < -0.3 is 9.84 Å². The summed E-state index contributed by atoms with van der Waals surface area (Å²) in [5.41, 5.74) is 0.428. The number of alkyl halides is 2. The molecule has 18 heavy (non-hydrogen) atoms. The molecule has 0 unspecified atom stereocenters. The van der Waals surface area contributed by atoms with Crippen molar-refractivity contribution in [2.75, 3.05) is 12.9 Å². The summed E-state index contributed by atoms with van der Waals surface area (Å²) in [6, 6.07) is 6.45. The van der Waals surface area contributed by atoms with Crippen LogP contribution in [-0.2, 0) is 9.84 Å². The van der Waals surface area contributed by atoms with E-state index in [1.807, 2.05) is 0 Å². The van der Waals surface area contributed by atoms with E-state index in [0.717, 1.165) is 0 Å². The van der Waals surface area contributed by atoms with Gasteiger partial charge in [0.25, 0.3) is 0 Å². The smallest absolute Gasteiger partial charge is 0.225 e. The van der Waals surface area contributed by atoms with Gasteiger partial charge in [0, 0.05) is 0 Å². The van der Waals surface area contributed by atoms with Crippen molar-refractivity contribution < 1.29 is 18.3 Å². The molecule has 0 fully saturated rings. The summed E-state index contributed by atoms with van der Waals surface area (Å²) >= 11 is 7.57. The Bertz CT molecular complexity index is 498. The minimum Gasteiger partial charge on any atom is -0.497 e. The summed E-state index contributed by atoms with van der Waals surface area (Å²) in [5.74, 6) is 0.491. The van der Waals surface area contributed by atoms with Crippen LogP contribution in [0, 0.1) is 0 Å². The second-order valence-corrected chi connectivity index (χ2v) is 9.98. The molecule has 1 aromatic rings. The molecule has 0 heterocycles. The van der Waals surface area contributed by atoms with Gasteiger partial charge >= 0.3 is 0 Å². The molecule has 4 nitrogen and oxygen atoms in total. The molecule has 0 bridgehead atoms. The van der Waals surface area contributed by atoms with Crippen LogP contribution in [0.25, 0.3) is 0 Å². The normalized spacial score (nSPS) is 16.9. The molecule has 0 amide bonds. The van der Waals surface area contributed by atoms with Gasteiger partial charge in [-0.05, 0) is 40.3 Å². The molecular weight excluding hydrogens is 391 g/mol. The third-order valence-electron chi connectivity index (χ3n) is 2.54. The predicted molar refractivity (Wildman–Crippen MR) is 80.0 cm³/mol. The summed E-state index contributed by atoms with van der Waals surface area (Å²) in [6.45, 7) is 1.49. The maximum Gasteiger partial charge on any atom is 0.225 e. The van der Waals surface area contributed by atoms with Crippen LogP contribution in [0.5, 0.6) is 5.75 Å².